The fourth-order valence-electron chi connectivity index (χ4n) is 2.34. The normalized spacial score (nSPS) is 10.8. The summed E-state index contributed by atoms with van der Waals surface area (Å²) >= 11 is 0. The van der Waals surface area contributed by atoms with Gasteiger partial charge in [0.2, 0.25) is 5.91 Å². The first-order valence-corrected chi connectivity index (χ1v) is 8.03. The number of amides is 1. The lowest BCUT2D eigenvalue weighted by atomic mass is 10.1. The van der Waals surface area contributed by atoms with Crippen LogP contribution in [0, 0.1) is 0 Å². The van der Waals surface area contributed by atoms with Crippen molar-refractivity contribution in [3.05, 3.63) is 65.2 Å². The quantitative estimate of drug-likeness (QED) is 0.764. The van der Waals surface area contributed by atoms with Crippen LogP contribution in [0.4, 0.5) is 0 Å². The second-order valence-electron chi connectivity index (χ2n) is 5.55. The molecule has 0 atom stereocenters. The molecule has 4 nitrogen and oxygen atoms in total. The summed E-state index contributed by atoms with van der Waals surface area (Å²) in [5, 5.41) is 12.4. The SMILES string of the molecule is CCCc1ccc(C=CC(=O)NCc2ccc(O)c(OC)c2)cc1. The van der Waals surface area contributed by atoms with Gasteiger partial charge in [-0.1, -0.05) is 43.7 Å². The molecule has 1 amide bonds. The highest BCUT2D eigenvalue weighted by Gasteiger charge is 2.03. The van der Waals surface area contributed by atoms with E-state index in [0.717, 1.165) is 24.0 Å². The van der Waals surface area contributed by atoms with Crippen LogP contribution in [0.2, 0.25) is 0 Å². The Hall–Kier alpha value is -2.75. The van der Waals surface area contributed by atoms with E-state index in [1.807, 2.05) is 12.1 Å². The number of ether oxygens (including phenoxy) is 1. The van der Waals surface area contributed by atoms with E-state index in [9.17, 15) is 9.90 Å². The molecule has 2 N–H and O–H groups in total. The van der Waals surface area contributed by atoms with Crippen molar-refractivity contribution in [3.63, 3.8) is 0 Å². The van der Waals surface area contributed by atoms with Crippen LogP contribution in [0.25, 0.3) is 6.08 Å². The van der Waals surface area contributed by atoms with Gasteiger partial charge >= 0.3 is 0 Å². The maximum Gasteiger partial charge on any atom is 0.244 e. The molecule has 0 aliphatic carbocycles. The van der Waals surface area contributed by atoms with E-state index in [0.29, 0.717) is 12.3 Å². The Kier molecular flexibility index (Phi) is 6.43. The maximum atomic E-state index is 11.9. The lowest BCUT2D eigenvalue weighted by Crippen LogP contribution is -2.20. The second kappa shape index (κ2) is 8.77. The van der Waals surface area contributed by atoms with Crippen molar-refractivity contribution in [2.45, 2.75) is 26.3 Å². The Labute approximate surface area is 142 Å². The molecule has 2 rings (SSSR count). The zero-order valence-corrected chi connectivity index (χ0v) is 14.1. The number of carbonyl (C=O) groups excluding carboxylic acids is 1. The Bertz CT molecular complexity index is 705. The summed E-state index contributed by atoms with van der Waals surface area (Å²) in [5.41, 5.74) is 3.16. The topological polar surface area (TPSA) is 58.6 Å². The fourth-order valence-corrected chi connectivity index (χ4v) is 2.34. The molecule has 0 aromatic heterocycles. The largest absolute Gasteiger partial charge is 0.504 e. The number of methoxy groups -OCH3 is 1. The molecule has 0 fully saturated rings. The standard InChI is InChI=1S/C20H23NO3/c1-3-4-15-5-7-16(8-6-15)10-12-20(23)21-14-17-9-11-18(22)19(13-17)24-2/h5-13,22H,3-4,14H2,1-2H3,(H,21,23). The van der Waals surface area contributed by atoms with E-state index in [1.54, 1.807) is 24.3 Å². The van der Waals surface area contributed by atoms with E-state index in [1.165, 1.54) is 18.7 Å². The van der Waals surface area contributed by atoms with Crippen LogP contribution >= 0.6 is 0 Å². The predicted octanol–water partition coefficient (Wildman–Crippen LogP) is 3.68. The van der Waals surface area contributed by atoms with Crippen LogP contribution < -0.4 is 10.1 Å². The van der Waals surface area contributed by atoms with E-state index < -0.39 is 0 Å². The molecule has 0 aliphatic heterocycles. The van der Waals surface area contributed by atoms with Gasteiger partial charge in [-0.25, -0.2) is 0 Å². The fraction of sp³-hybridized carbons (Fsp3) is 0.250. The monoisotopic (exact) mass is 325 g/mol. The van der Waals surface area contributed by atoms with Gasteiger partial charge in [0.1, 0.15) is 0 Å². The first-order chi connectivity index (χ1) is 11.6. The molecule has 0 saturated carbocycles. The van der Waals surface area contributed by atoms with Gasteiger partial charge in [0.25, 0.3) is 0 Å². The Morgan fingerprint density at radius 1 is 1.17 bits per heavy atom. The zero-order chi connectivity index (χ0) is 17.4. The van der Waals surface area contributed by atoms with Crippen molar-refractivity contribution in [3.8, 4) is 11.5 Å². The number of aryl methyl sites for hydroxylation is 1. The molecule has 126 valence electrons. The zero-order valence-electron chi connectivity index (χ0n) is 14.1. The van der Waals surface area contributed by atoms with Gasteiger partial charge in [-0.05, 0) is 41.3 Å². The van der Waals surface area contributed by atoms with Crippen LogP contribution in [-0.2, 0) is 17.8 Å². The second-order valence-corrected chi connectivity index (χ2v) is 5.55. The number of benzene rings is 2. The van der Waals surface area contributed by atoms with Gasteiger partial charge in [-0.2, -0.15) is 0 Å². The van der Waals surface area contributed by atoms with Crippen molar-refractivity contribution in [2.24, 2.45) is 0 Å². The minimum Gasteiger partial charge on any atom is -0.504 e. The van der Waals surface area contributed by atoms with Gasteiger partial charge in [0, 0.05) is 12.6 Å². The van der Waals surface area contributed by atoms with Crippen LogP contribution in [0.3, 0.4) is 0 Å². The summed E-state index contributed by atoms with van der Waals surface area (Å²) in [4.78, 5) is 11.9. The maximum absolute atomic E-state index is 11.9. The van der Waals surface area contributed by atoms with Gasteiger partial charge in [-0.15, -0.1) is 0 Å². The molecule has 2 aromatic carbocycles. The molecule has 0 radical (unpaired) electrons. The Balaban J connectivity index is 1.88. The Morgan fingerprint density at radius 2 is 1.88 bits per heavy atom. The predicted molar refractivity (Wildman–Crippen MR) is 96.0 cm³/mol. The van der Waals surface area contributed by atoms with Crippen LogP contribution in [0.15, 0.2) is 48.5 Å². The smallest absolute Gasteiger partial charge is 0.244 e. The van der Waals surface area contributed by atoms with Crippen LogP contribution in [0.1, 0.15) is 30.0 Å². The average Bonchev–Trinajstić information content (AvgIpc) is 2.60. The minimum atomic E-state index is -0.167. The summed E-state index contributed by atoms with van der Waals surface area (Å²) in [6.45, 7) is 2.52. The van der Waals surface area contributed by atoms with Crippen molar-refractivity contribution >= 4 is 12.0 Å². The van der Waals surface area contributed by atoms with E-state index >= 15 is 0 Å². The van der Waals surface area contributed by atoms with Crippen molar-refractivity contribution in [1.29, 1.82) is 0 Å². The van der Waals surface area contributed by atoms with E-state index in [4.69, 9.17) is 4.74 Å². The molecular formula is C20H23NO3. The number of phenolic OH excluding ortho intramolecular Hbond substituents is 1. The van der Waals surface area contributed by atoms with Crippen molar-refractivity contribution < 1.29 is 14.6 Å². The molecule has 0 bridgehead atoms. The van der Waals surface area contributed by atoms with Crippen LogP contribution in [0.5, 0.6) is 11.5 Å². The van der Waals surface area contributed by atoms with Gasteiger partial charge in [-0.3, -0.25) is 4.79 Å². The van der Waals surface area contributed by atoms with Crippen LogP contribution in [-0.4, -0.2) is 18.1 Å². The lowest BCUT2D eigenvalue weighted by Gasteiger charge is -2.07. The number of phenols is 1. The highest BCUT2D eigenvalue weighted by Crippen LogP contribution is 2.26. The summed E-state index contributed by atoms with van der Waals surface area (Å²) in [6.07, 6.45) is 5.51. The number of rotatable bonds is 7. The molecule has 0 saturated heterocycles. The number of carbonyl (C=O) groups is 1. The van der Waals surface area contributed by atoms with Crippen molar-refractivity contribution in [2.75, 3.05) is 7.11 Å². The molecule has 0 unspecified atom stereocenters. The molecule has 0 spiro atoms. The number of hydrogen-bond acceptors (Lipinski definition) is 3. The number of nitrogens with one attached hydrogen (secondary N) is 1. The number of hydrogen-bond donors (Lipinski definition) is 2. The highest BCUT2D eigenvalue weighted by atomic mass is 16.5. The molecule has 4 heteroatoms. The highest BCUT2D eigenvalue weighted by molar-refractivity contribution is 5.91. The van der Waals surface area contributed by atoms with Crippen molar-refractivity contribution in [1.82, 2.24) is 5.32 Å². The molecule has 24 heavy (non-hydrogen) atoms. The van der Waals surface area contributed by atoms with Gasteiger partial charge in [0.15, 0.2) is 11.5 Å². The molecular weight excluding hydrogens is 302 g/mol. The lowest BCUT2D eigenvalue weighted by molar-refractivity contribution is -0.116. The molecule has 0 aliphatic rings. The molecule has 0 heterocycles. The summed E-state index contributed by atoms with van der Waals surface area (Å²) in [7, 11) is 1.49. The molecule has 2 aromatic rings. The third-order valence-corrected chi connectivity index (χ3v) is 3.66. The minimum absolute atomic E-state index is 0.0824. The average molecular weight is 325 g/mol. The summed E-state index contributed by atoms with van der Waals surface area (Å²) in [5.74, 6) is 0.308. The number of aromatic hydroxyl groups is 1. The van der Waals surface area contributed by atoms with Gasteiger partial charge < -0.3 is 15.2 Å². The first kappa shape index (κ1) is 17.6. The van der Waals surface area contributed by atoms with E-state index in [2.05, 4.69) is 24.4 Å². The summed E-state index contributed by atoms with van der Waals surface area (Å²) in [6, 6.07) is 13.2. The first-order valence-electron chi connectivity index (χ1n) is 8.03. The summed E-state index contributed by atoms with van der Waals surface area (Å²) < 4.78 is 5.05. The Morgan fingerprint density at radius 3 is 2.54 bits per heavy atom. The third kappa shape index (κ3) is 5.16. The van der Waals surface area contributed by atoms with E-state index in [-0.39, 0.29) is 11.7 Å². The van der Waals surface area contributed by atoms with Gasteiger partial charge in [0.05, 0.1) is 7.11 Å². The third-order valence-electron chi connectivity index (χ3n) is 3.66.